The Hall–Kier alpha value is 0.330. The monoisotopic (exact) mass is 386 g/mol. The lowest BCUT2D eigenvalue weighted by atomic mass is 10.0. The van der Waals surface area contributed by atoms with E-state index in [1.54, 1.807) is 6.92 Å². The molecule has 0 aromatic carbocycles. The molecule has 12 nitrogen and oxygen atoms in total. The van der Waals surface area contributed by atoms with Crippen LogP contribution >= 0.6 is 23.5 Å². The van der Waals surface area contributed by atoms with Gasteiger partial charge in [0.1, 0.15) is 5.60 Å². The fourth-order valence-corrected chi connectivity index (χ4v) is 5.16. The summed E-state index contributed by atoms with van der Waals surface area (Å²) in [6.45, 7) is 0.814. The Labute approximate surface area is 125 Å². The summed E-state index contributed by atoms with van der Waals surface area (Å²) in [5.41, 5.74) is -1.86. The van der Waals surface area contributed by atoms with Crippen molar-refractivity contribution in [2.24, 2.45) is 5.92 Å². The third kappa shape index (κ3) is 6.45. The van der Waals surface area contributed by atoms with Crippen LogP contribution in [0.2, 0.25) is 0 Å². The quantitative estimate of drug-likeness (QED) is 0.317. The van der Waals surface area contributed by atoms with Crippen molar-refractivity contribution in [3.05, 3.63) is 0 Å². The molecule has 1 fully saturated rings. The molecule has 6 N–H and O–H groups in total. The van der Waals surface area contributed by atoms with E-state index in [1.165, 1.54) is 0 Å². The van der Waals surface area contributed by atoms with Crippen molar-refractivity contribution < 1.29 is 56.6 Å². The number of phosphoric ester groups is 1. The van der Waals surface area contributed by atoms with Crippen LogP contribution in [0.5, 0.6) is 0 Å². The van der Waals surface area contributed by atoms with E-state index in [0.29, 0.717) is 0 Å². The van der Waals surface area contributed by atoms with E-state index in [4.69, 9.17) is 14.7 Å². The number of aliphatic hydroxyl groups excluding tert-OH is 1. The van der Waals surface area contributed by atoms with Crippen LogP contribution in [0.3, 0.4) is 0 Å². The molecule has 0 saturated heterocycles. The molecule has 5 atom stereocenters. The molecular formula is C7H17O12P3. The molecule has 15 heteroatoms. The first-order valence-electron chi connectivity index (χ1n) is 5.83. The van der Waals surface area contributed by atoms with E-state index in [0.717, 1.165) is 0 Å². The SMILES string of the molecule is CC1CC(O)C(O)(COP(=O)(O)OP(=O)(O)OP(=O)(O)O)C1. The first-order valence-corrected chi connectivity index (χ1v) is 10.4. The lowest BCUT2D eigenvalue weighted by Gasteiger charge is -2.27. The summed E-state index contributed by atoms with van der Waals surface area (Å²) < 4.78 is 44.3. The molecule has 1 rings (SSSR count). The Morgan fingerprint density at radius 2 is 1.64 bits per heavy atom. The third-order valence-electron chi connectivity index (χ3n) is 2.84. The largest absolute Gasteiger partial charge is 0.490 e. The number of rotatable bonds is 7. The first kappa shape index (κ1) is 20.4. The highest BCUT2D eigenvalue weighted by atomic mass is 31.3. The average Bonchev–Trinajstić information content (AvgIpc) is 2.45. The molecule has 1 saturated carbocycles. The first-order chi connectivity index (χ1) is 9.64. The zero-order valence-electron chi connectivity index (χ0n) is 11.3. The summed E-state index contributed by atoms with van der Waals surface area (Å²) in [6.07, 6.45) is -0.977. The Morgan fingerprint density at radius 1 is 1.09 bits per heavy atom. The molecule has 1 aliphatic carbocycles. The van der Waals surface area contributed by atoms with Gasteiger partial charge in [0.05, 0.1) is 12.7 Å². The predicted octanol–water partition coefficient (Wildman–Crippen LogP) is -0.148. The van der Waals surface area contributed by atoms with Gasteiger partial charge in [-0.05, 0) is 18.8 Å². The zero-order valence-corrected chi connectivity index (χ0v) is 13.9. The van der Waals surface area contributed by atoms with Gasteiger partial charge in [-0.3, -0.25) is 4.52 Å². The van der Waals surface area contributed by atoms with Gasteiger partial charge in [-0.25, -0.2) is 13.7 Å². The van der Waals surface area contributed by atoms with E-state index in [1.807, 2.05) is 0 Å². The fourth-order valence-electron chi connectivity index (χ4n) is 2.08. The molecule has 0 aliphatic heterocycles. The molecule has 0 heterocycles. The topological polar surface area (TPSA) is 200 Å². The Bertz CT molecular complexity index is 543. The second-order valence-electron chi connectivity index (χ2n) is 5.03. The zero-order chi connectivity index (χ0) is 17.4. The van der Waals surface area contributed by atoms with Crippen molar-refractivity contribution in [3.8, 4) is 0 Å². The van der Waals surface area contributed by atoms with Gasteiger partial charge in [0.15, 0.2) is 0 Å². The summed E-state index contributed by atoms with van der Waals surface area (Å²) in [4.78, 5) is 34.9. The summed E-state index contributed by atoms with van der Waals surface area (Å²) >= 11 is 0. The molecule has 0 radical (unpaired) electrons. The van der Waals surface area contributed by atoms with E-state index in [-0.39, 0.29) is 18.8 Å². The van der Waals surface area contributed by atoms with Gasteiger partial charge in [0.2, 0.25) is 0 Å². The second-order valence-corrected chi connectivity index (χ2v) is 9.45. The van der Waals surface area contributed by atoms with Gasteiger partial charge >= 0.3 is 23.5 Å². The highest BCUT2D eigenvalue weighted by Gasteiger charge is 2.47. The maximum atomic E-state index is 11.5. The Morgan fingerprint density at radius 3 is 2.05 bits per heavy atom. The minimum atomic E-state index is -5.59. The highest BCUT2D eigenvalue weighted by Crippen LogP contribution is 2.66. The van der Waals surface area contributed by atoms with E-state index in [9.17, 15) is 28.8 Å². The van der Waals surface area contributed by atoms with Gasteiger partial charge < -0.3 is 29.8 Å². The van der Waals surface area contributed by atoms with Crippen LogP contribution in [0.4, 0.5) is 0 Å². The smallest absolute Gasteiger partial charge is 0.390 e. The van der Waals surface area contributed by atoms with Gasteiger partial charge in [-0.1, -0.05) is 6.92 Å². The highest BCUT2D eigenvalue weighted by molar-refractivity contribution is 7.66. The third-order valence-corrected chi connectivity index (χ3v) is 6.62. The molecule has 5 unspecified atom stereocenters. The molecule has 0 amide bonds. The van der Waals surface area contributed by atoms with Gasteiger partial charge in [0, 0.05) is 0 Å². The van der Waals surface area contributed by atoms with Gasteiger partial charge in [0.25, 0.3) is 0 Å². The van der Waals surface area contributed by atoms with Crippen LogP contribution in [-0.4, -0.2) is 48.1 Å². The minimum Gasteiger partial charge on any atom is -0.390 e. The van der Waals surface area contributed by atoms with Crippen LogP contribution < -0.4 is 0 Å². The summed E-state index contributed by atoms with van der Waals surface area (Å²) in [6, 6.07) is 0. The number of hydrogen-bond acceptors (Lipinski definition) is 8. The van der Waals surface area contributed by atoms with Crippen molar-refractivity contribution in [1.82, 2.24) is 0 Å². The maximum Gasteiger partial charge on any atom is 0.490 e. The van der Waals surface area contributed by atoms with Crippen molar-refractivity contribution >= 4 is 23.5 Å². The number of aliphatic hydroxyl groups is 2. The predicted molar refractivity (Wildman–Crippen MR) is 69.2 cm³/mol. The molecule has 22 heavy (non-hydrogen) atoms. The Kier molecular flexibility index (Phi) is 6.19. The van der Waals surface area contributed by atoms with Crippen LogP contribution in [0.1, 0.15) is 19.8 Å². The standard InChI is InChI=1S/C7H17O12P3/c1-5-2-6(8)7(9,3-5)4-17-21(13,14)19-22(15,16)18-20(10,11)12/h5-6,8-9H,2-4H2,1H3,(H,13,14)(H,15,16)(H2,10,11,12). The van der Waals surface area contributed by atoms with Gasteiger partial charge in [-0.2, -0.15) is 8.62 Å². The number of phosphoric acid groups is 3. The maximum absolute atomic E-state index is 11.5. The van der Waals surface area contributed by atoms with E-state index < -0.39 is 41.8 Å². The summed E-state index contributed by atoms with van der Waals surface area (Å²) in [5.74, 6) is -0.0930. The van der Waals surface area contributed by atoms with Crippen molar-refractivity contribution in [2.45, 2.75) is 31.5 Å². The van der Waals surface area contributed by atoms with Crippen LogP contribution in [0, 0.1) is 5.92 Å². The van der Waals surface area contributed by atoms with E-state index >= 15 is 0 Å². The van der Waals surface area contributed by atoms with Crippen molar-refractivity contribution in [2.75, 3.05) is 6.61 Å². The average molecular weight is 386 g/mol. The molecule has 132 valence electrons. The number of hydrogen-bond donors (Lipinski definition) is 6. The van der Waals surface area contributed by atoms with Crippen molar-refractivity contribution in [3.63, 3.8) is 0 Å². The minimum absolute atomic E-state index is 0.0456. The van der Waals surface area contributed by atoms with Gasteiger partial charge in [-0.15, -0.1) is 0 Å². The molecular weight excluding hydrogens is 369 g/mol. The molecule has 0 aromatic heterocycles. The summed E-state index contributed by atoms with van der Waals surface area (Å²) in [7, 11) is -16.3. The molecule has 0 bridgehead atoms. The Balaban J connectivity index is 2.67. The van der Waals surface area contributed by atoms with Crippen molar-refractivity contribution in [1.29, 1.82) is 0 Å². The lowest BCUT2D eigenvalue weighted by molar-refractivity contribution is -0.0835. The normalized spacial score (nSPS) is 35.0. The van der Waals surface area contributed by atoms with E-state index in [2.05, 4.69) is 13.1 Å². The van der Waals surface area contributed by atoms with Crippen LogP contribution in [0.15, 0.2) is 0 Å². The second kappa shape index (κ2) is 6.68. The summed E-state index contributed by atoms with van der Waals surface area (Å²) in [5, 5.41) is 19.7. The molecule has 1 aliphatic rings. The fraction of sp³-hybridized carbons (Fsp3) is 1.00. The van der Waals surface area contributed by atoms with Crippen LogP contribution in [0.25, 0.3) is 0 Å². The molecule has 0 aromatic rings. The van der Waals surface area contributed by atoms with Crippen LogP contribution in [-0.2, 0) is 26.8 Å². The lowest BCUT2D eigenvalue weighted by Crippen LogP contribution is -2.41. The molecule has 0 spiro atoms.